The average molecular weight is 267 g/mol. The Labute approximate surface area is 111 Å². The lowest BCUT2D eigenvalue weighted by molar-refractivity contribution is 0.00870. The van der Waals surface area contributed by atoms with Crippen molar-refractivity contribution in [1.29, 1.82) is 0 Å². The van der Waals surface area contributed by atoms with Crippen LogP contribution in [0.1, 0.15) is 31.8 Å². The van der Waals surface area contributed by atoms with Gasteiger partial charge in [-0.15, -0.1) is 0 Å². The third-order valence-corrected chi connectivity index (χ3v) is 2.62. The molecule has 0 aromatic heterocycles. The second kappa shape index (κ2) is 6.86. The first-order chi connectivity index (χ1) is 8.99. The van der Waals surface area contributed by atoms with Crippen molar-refractivity contribution in [2.24, 2.45) is 0 Å². The van der Waals surface area contributed by atoms with Crippen LogP contribution < -0.4 is 5.48 Å². The molecule has 0 bridgehead atoms. The lowest BCUT2D eigenvalue weighted by Gasteiger charge is -2.12. The number of carboxylic acids is 1. The van der Waals surface area contributed by atoms with E-state index in [1.807, 2.05) is 0 Å². The number of nitrogens with one attached hydrogen (secondary N) is 1. The Bertz CT molecular complexity index is 484. The van der Waals surface area contributed by atoms with E-state index in [2.05, 4.69) is 5.48 Å². The molecule has 0 unspecified atom stereocenters. The van der Waals surface area contributed by atoms with E-state index < -0.39 is 11.9 Å². The summed E-state index contributed by atoms with van der Waals surface area (Å²) in [7, 11) is 1.51. The van der Waals surface area contributed by atoms with E-state index in [1.54, 1.807) is 26.0 Å². The monoisotopic (exact) mass is 267 g/mol. The van der Waals surface area contributed by atoms with Gasteiger partial charge in [-0.25, -0.2) is 10.3 Å². The van der Waals surface area contributed by atoms with E-state index in [4.69, 9.17) is 9.57 Å². The first-order valence-electron chi connectivity index (χ1n) is 5.73. The second-order valence-corrected chi connectivity index (χ2v) is 4.03. The Hall–Kier alpha value is -1.92. The predicted octanol–water partition coefficient (Wildman–Crippen LogP) is 1.31. The SMILES string of the molecule is COCCONC(=O)c1c(C)ccc(C)c1C(=O)O. The van der Waals surface area contributed by atoms with Crippen molar-refractivity contribution in [2.75, 3.05) is 20.3 Å². The maximum Gasteiger partial charge on any atom is 0.336 e. The van der Waals surface area contributed by atoms with Crippen LogP contribution in [0.3, 0.4) is 0 Å². The van der Waals surface area contributed by atoms with Gasteiger partial charge in [0.05, 0.1) is 24.3 Å². The number of aryl methyl sites for hydroxylation is 2. The summed E-state index contributed by atoms with van der Waals surface area (Å²) in [5.41, 5.74) is 3.43. The molecule has 0 heterocycles. The van der Waals surface area contributed by atoms with Crippen molar-refractivity contribution >= 4 is 11.9 Å². The molecule has 6 heteroatoms. The molecule has 0 aliphatic rings. The molecule has 1 rings (SSSR count). The van der Waals surface area contributed by atoms with Crippen LogP contribution in [0.15, 0.2) is 12.1 Å². The Balaban J connectivity index is 2.95. The van der Waals surface area contributed by atoms with Crippen molar-refractivity contribution < 1.29 is 24.3 Å². The Morgan fingerprint density at radius 1 is 1.16 bits per heavy atom. The number of ether oxygens (including phenoxy) is 1. The van der Waals surface area contributed by atoms with Gasteiger partial charge in [-0.1, -0.05) is 12.1 Å². The van der Waals surface area contributed by atoms with Gasteiger partial charge in [0.1, 0.15) is 0 Å². The summed E-state index contributed by atoms with van der Waals surface area (Å²) in [4.78, 5) is 28.1. The van der Waals surface area contributed by atoms with Gasteiger partial charge in [0, 0.05) is 7.11 Å². The van der Waals surface area contributed by atoms with Crippen LogP contribution in [0.25, 0.3) is 0 Å². The summed E-state index contributed by atoms with van der Waals surface area (Å²) in [5, 5.41) is 9.19. The van der Waals surface area contributed by atoms with E-state index in [1.165, 1.54) is 7.11 Å². The number of hydrogen-bond acceptors (Lipinski definition) is 4. The summed E-state index contributed by atoms with van der Waals surface area (Å²) in [6.07, 6.45) is 0. The van der Waals surface area contributed by atoms with Gasteiger partial charge >= 0.3 is 5.97 Å². The molecule has 0 saturated carbocycles. The molecule has 0 spiro atoms. The molecule has 0 aliphatic heterocycles. The van der Waals surface area contributed by atoms with Crippen molar-refractivity contribution in [3.05, 3.63) is 34.4 Å². The fourth-order valence-corrected chi connectivity index (χ4v) is 1.67. The number of carbonyl (C=O) groups excluding carboxylic acids is 1. The molecule has 0 aliphatic carbocycles. The molecule has 0 fully saturated rings. The van der Waals surface area contributed by atoms with Gasteiger partial charge in [-0.2, -0.15) is 0 Å². The van der Waals surface area contributed by atoms with Crippen molar-refractivity contribution in [2.45, 2.75) is 13.8 Å². The summed E-state index contributed by atoms with van der Waals surface area (Å²) in [6, 6.07) is 3.37. The highest BCUT2D eigenvalue weighted by atomic mass is 16.7. The molecule has 104 valence electrons. The number of aromatic carboxylic acids is 1. The molecule has 19 heavy (non-hydrogen) atoms. The number of amides is 1. The summed E-state index contributed by atoms with van der Waals surface area (Å²) >= 11 is 0. The summed E-state index contributed by atoms with van der Waals surface area (Å²) in [5.74, 6) is -1.71. The quantitative estimate of drug-likeness (QED) is 0.599. The summed E-state index contributed by atoms with van der Waals surface area (Å²) < 4.78 is 4.76. The zero-order chi connectivity index (χ0) is 14.4. The predicted molar refractivity (Wildman–Crippen MR) is 68.2 cm³/mol. The first kappa shape index (κ1) is 15.1. The summed E-state index contributed by atoms with van der Waals surface area (Å²) in [6.45, 7) is 3.84. The molecule has 0 saturated heterocycles. The third-order valence-electron chi connectivity index (χ3n) is 2.62. The minimum Gasteiger partial charge on any atom is -0.478 e. The Kier molecular flexibility index (Phi) is 5.47. The van der Waals surface area contributed by atoms with Crippen LogP contribution in [-0.2, 0) is 9.57 Å². The van der Waals surface area contributed by atoms with Crippen LogP contribution in [-0.4, -0.2) is 37.3 Å². The maximum absolute atomic E-state index is 12.0. The molecule has 0 radical (unpaired) electrons. The molecule has 0 atom stereocenters. The topological polar surface area (TPSA) is 84.9 Å². The molecule has 1 amide bonds. The largest absolute Gasteiger partial charge is 0.478 e. The molecule has 1 aromatic carbocycles. The lowest BCUT2D eigenvalue weighted by Crippen LogP contribution is -2.28. The van der Waals surface area contributed by atoms with Gasteiger partial charge in [0.25, 0.3) is 5.91 Å². The number of benzene rings is 1. The van der Waals surface area contributed by atoms with Crippen LogP contribution >= 0.6 is 0 Å². The molecule has 2 N–H and O–H groups in total. The minimum absolute atomic E-state index is 0.00663. The van der Waals surface area contributed by atoms with E-state index in [0.717, 1.165) is 0 Å². The highest BCUT2D eigenvalue weighted by Gasteiger charge is 2.21. The standard InChI is InChI=1S/C13H17NO5/c1-8-4-5-9(2)11(13(16)17)10(8)12(15)14-19-7-6-18-3/h4-5H,6-7H2,1-3H3,(H,14,15)(H,16,17). The van der Waals surface area contributed by atoms with Crippen LogP contribution in [0.4, 0.5) is 0 Å². The fourth-order valence-electron chi connectivity index (χ4n) is 1.67. The average Bonchev–Trinajstić information content (AvgIpc) is 2.36. The van der Waals surface area contributed by atoms with Crippen molar-refractivity contribution in [3.63, 3.8) is 0 Å². The number of hydrogen-bond donors (Lipinski definition) is 2. The first-order valence-corrected chi connectivity index (χ1v) is 5.73. The number of carbonyl (C=O) groups is 2. The zero-order valence-corrected chi connectivity index (χ0v) is 11.1. The molecule has 6 nitrogen and oxygen atoms in total. The van der Waals surface area contributed by atoms with Gasteiger partial charge in [-0.05, 0) is 25.0 Å². The van der Waals surface area contributed by atoms with Crippen LogP contribution in [0.2, 0.25) is 0 Å². The van der Waals surface area contributed by atoms with Crippen LogP contribution in [0.5, 0.6) is 0 Å². The van der Waals surface area contributed by atoms with E-state index in [-0.39, 0.29) is 17.7 Å². The van der Waals surface area contributed by atoms with Gasteiger partial charge in [0.15, 0.2) is 0 Å². The van der Waals surface area contributed by atoms with Crippen LogP contribution in [0, 0.1) is 13.8 Å². The van der Waals surface area contributed by atoms with Crippen molar-refractivity contribution in [1.82, 2.24) is 5.48 Å². The highest BCUT2D eigenvalue weighted by molar-refractivity contribution is 6.06. The highest BCUT2D eigenvalue weighted by Crippen LogP contribution is 2.18. The smallest absolute Gasteiger partial charge is 0.336 e. The number of rotatable bonds is 6. The maximum atomic E-state index is 12.0. The Morgan fingerprint density at radius 2 is 1.74 bits per heavy atom. The van der Waals surface area contributed by atoms with Crippen molar-refractivity contribution in [3.8, 4) is 0 Å². The molecular weight excluding hydrogens is 250 g/mol. The van der Waals surface area contributed by atoms with Gasteiger partial charge in [-0.3, -0.25) is 9.63 Å². The Morgan fingerprint density at radius 3 is 2.26 bits per heavy atom. The number of carboxylic acid groups (broad SMARTS) is 1. The normalized spacial score (nSPS) is 10.3. The fraction of sp³-hybridized carbons (Fsp3) is 0.385. The van der Waals surface area contributed by atoms with Gasteiger partial charge < -0.3 is 9.84 Å². The lowest BCUT2D eigenvalue weighted by atomic mass is 9.97. The molecular formula is C13H17NO5. The third kappa shape index (κ3) is 3.77. The minimum atomic E-state index is -1.14. The number of methoxy groups -OCH3 is 1. The van der Waals surface area contributed by atoms with E-state index in [9.17, 15) is 14.7 Å². The zero-order valence-electron chi connectivity index (χ0n) is 11.1. The second-order valence-electron chi connectivity index (χ2n) is 4.03. The van der Waals surface area contributed by atoms with Gasteiger partial charge in [0.2, 0.25) is 0 Å². The van der Waals surface area contributed by atoms with E-state index >= 15 is 0 Å². The van der Waals surface area contributed by atoms with E-state index in [0.29, 0.717) is 17.7 Å². The number of hydroxylamine groups is 1. The molecule has 1 aromatic rings.